The molecule has 1 amide bonds. The van der Waals surface area contributed by atoms with Gasteiger partial charge in [-0.1, -0.05) is 35.3 Å². The molecule has 0 spiro atoms. The summed E-state index contributed by atoms with van der Waals surface area (Å²) in [5.74, 6) is -0.156. The molecule has 1 aromatic heterocycles. The molecular formula is C11H12Cl2N6O. The summed E-state index contributed by atoms with van der Waals surface area (Å²) < 4.78 is 0. The number of hydrogen-bond acceptors (Lipinski definition) is 6. The first-order valence-corrected chi connectivity index (χ1v) is 6.04. The van der Waals surface area contributed by atoms with Crippen LogP contribution in [0.2, 0.25) is 10.0 Å². The van der Waals surface area contributed by atoms with Crippen molar-refractivity contribution in [1.82, 2.24) is 15.2 Å². The van der Waals surface area contributed by atoms with Crippen molar-refractivity contribution in [3.8, 4) is 11.3 Å². The number of anilines is 2. The van der Waals surface area contributed by atoms with Gasteiger partial charge < -0.3 is 17.2 Å². The summed E-state index contributed by atoms with van der Waals surface area (Å²) >= 11 is 11.9. The Morgan fingerprint density at radius 3 is 2.35 bits per heavy atom. The van der Waals surface area contributed by atoms with Gasteiger partial charge in [-0.2, -0.15) is 4.98 Å². The average Bonchev–Trinajstić information content (AvgIpc) is 2.33. The van der Waals surface area contributed by atoms with Gasteiger partial charge in [0.25, 0.3) is 0 Å². The smallest absolute Gasteiger partial charge is 0.242 e. The third-order valence-corrected chi connectivity index (χ3v) is 2.76. The molecule has 0 radical (unpaired) electrons. The van der Waals surface area contributed by atoms with Gasteiger partial charge in [-0.15, -0.1) is 10.2 Å². The van der Waals surface area contributed by atoms with Gasteiger partial charge in [0.15, 0.2) is 5.82 Å². The average molecular weight is 315 g/mol. The Kier molecular flexibility index (Phi) is 5.48. The number of carbonyl (C=O) groups excluding carboxylic acids is 1. The summed E-state index contributed by atoms with van der Waals surface area (Å²) in [7, 11) is 0. The van der Waals surface area contributed by atoms with Crippen LogP contribution in [-0.4, -0.2) is 21.1 Å². The van der Waals surface area contributed by atoms with Crippen LogP contribution in [0.5, 0.6) is 0 Å². The van der Waals surface area contributed by atoms with Crippen LogP contribution < -0.4 is 17.2 Å². The summed E-state index contributed by atoms with van der Waals surface area (Å²) in [6.07, 6.45) is 0. The van der Waals surface area contributed by atoms with Gasteiger partial charge in [0.05, 0.1) is 10.0 Å². The molecule has 1 aromatic carbocycles. The number of primary amides is 1. The highest BCUT2D eigenvalue weighted by molar-refractivity contribution is 6.43. The van der Waals surface area contributed by atoms with Crippen LogP contribution in [-0.2, 0) is 4.79 Å². The zero-order valence-corrected chi connectivity index (χ0v) is 12.0. The van der Waals surface area contributed by atoms with E-state index in [2.05, 4.69) is 20.9 Å². The highest BCUT2D eigenvalue weighted by Crippen LogP contribution is 2.33. The lowest BCUT2D eigenvalue weighted by Crippen LogP contribution is -2.04. The number of nitrogens with zero attached hydrogens (tertiary/aromatic N) is 3. The monoisotopic (exact) mass is 314 g/mol. The molecule has 0 saturated carbocycles. The molecule has 0 unspecified atom stereocenters. The number of nitrogens with two attached hydrogens (primary N) is 3. The van der Waals surface area contributed by atoms with E-state index < -0.39 is 0 Å². The highest BCUT2D eigenvalue weighted by Gasteiger charge is 2.12. The van der Waals surface area contributed by atoms with Crippen molar-refractivity contribution in [1.29, 1.82) is 0 Å². The highest BCUT2D eigenvalue weighted by atomic mass is 35.5. The van der Waals surface area contributed by atoms with E-state index in [-0.39, 0.29) is 17.7 Å². The second-order valence-corrected chi connectivity index (χ2v) is 4.40. The topological polar surface area (TPSA) is 134 Å². The minimum Gasteiger partial charge on any atom is -0.382 e. The normalized spacial score (nSPS) is 9.55. The van der Waals surface area contributed by atoms with E-state index >= 15 is 0 Å². The fourth-order valence-corrected chi connectivity index (χ4v) is 1.62. The molecule has 0 aliphatic heterocycles. The first kappa shape index (κ1) is 15.9. The lowest BCUT2D eigenvalue weighted by atomic mass is 10.1. The maximum absolute atomic E-state index is 9.22. The molecule has 0 fully saturated rings. The van der Waals surface area contributed by atoms with Crippen molar-refractivity contribution in [3.63, 3.8) is 0 Å². The zero-order valence-electron chi connectivity index (χ0n) is 10.5. The number of amides is 1. The molecule has 7 nitrogen and oxygen atoms in total. The van der Waals surface area contributed by atoms with Gasteiger partial charge in [0.1, 0.15) is 5.69 Å². The molecule has 0 atom stereocenters. The lowest BCUT2D eigenvalue weighted by Gasteiger charge is -2.06. The van der Waals surface area contributed by atoms with Crippen LogP contribution in [0, 0.1) is 0 Å². The molecule has 9 heteroatoms. The Morgan fingerprint density at radius 1 is 1.20 bits per heavy atom. The maximum Gasteiger partial charge on any atom is 0.242 e. The van der Waals surface area contributed by atoms with Crippen molar-refractivity contribution < 1.29 is 4.79 Å². The summed E-state index contributed by atoms with van der Waals surface area (Å²) in [5.41, 5.74) is 16.4. The van der Waals surface area contributed by atoms with Gasteiger partial charge in [-0.25, -0.2) is 0 Å². The number of benzene rings is 1. The number of hydrogen-bond donors (Lipinski definition) is 3. The van der Waals surface area contributed by atoms with Crippen molar-refractivity contribution in [3.05, 3.63) is 28.2 Å². The molecule has 0 saturated heterocycles. The molecular weight excluding hydrogens is 303 g/mol. The molecule has 106 valence electrons. The molecule has 1 heterocycles. The fourth-order valence-electron chi connectivity index (χ4n) is 1.23. The van der Waals surface area contributed by atoms with Crippen LogP contribution in [0.1, 0.15) is 6.92 Å². The molecule has 0 bridgehead atoms. The van der Waals surface area contributed by atoms with Gasteiger partial charge in [0.2, 0.25) is 11.9 Å². The molecule has 0 aliphatic rings. The Labute approximate surface area is 125 Å². The summed E-state index contributed by atoms with van der Waals surface area (Å²) in [6.45, 7) is 1.31. The third-order valence-electron chi connectivity index (χ3n) is 1.94. The van der Waals surface area contributed by atoms with Gasteiger partial charge in [-0.05, 0) is 6.07 Å². The van der Waals surface area contributed by atoms with Gasteiger partial charge in [0, 0.05) is 12.5 Å². The Bertz CT molecular complexity index is 630. The number of aromatic nitrogens is 3. The zero-order chi connectivity index (χ0) is 15.3. The summed E-state index contributed by atoms with van der Waals surface area (Å²) in [5, 5.41) is 8.24. The van der Waals surface area contributed by atoms with Crippen LogP contribution >= 0.6 is 23.2 Å². The predicted octanol–water partition coefficient (Wildman–Crippen LogP) is 1.50. The van der Waals surface area contributed by atoms with E-state index in [1.54, 1.807) is 18.2 Å². The molecule has 2 aromatic rings. The van der Waals surface area contributed by atoms with E-state index in [0.29, 0.717) is 21.3 Å². The number of rotatable bonds is 1. The molecule has 6 N–H and O–H groups in total. The van der Waals surface area contributed by atoms with E-state index in [1.807, 2.05) is 0 Å². The second kappa shape index (κ2) is 6.88. The van der Waals surface area contributed by atoms with E-state index in [1.165, 1.54) is 6.92 Å². The van der Waals surface area contributed by atoms with Crippen molar-refractivity contribution in [2.45, 2.75) is 6.92 Å². The third kappa shape index (κ3) is 4.22. The largest absolute Gasteiger partial charge is 0.382 e. The Balaban J connectivity index is 0.000000444. The van der Waals surface area contributed by atoms with Crippen molar-refractivity contribution >= 4 is 40.9 Å². The van der Waals surface area contributed by atoms with Crippen LogP contribution in [0.3, 0.4) is 0 Å². The standard InChI is InChI=1S/C9H7Cl2N5.C2H5NO/c10-5-3-1-2-4(6(5)11)7-8(12)14-9(13)16-15-7;1-2(3)4/h1-3H,(H4,12,13,14,16);1H3,(H2,3,4). The van der Waals surface area contributed by atoms with E-state index in [9.17, 15) is 4.79 Å². The molecule has 2 rings (SSSR count). The number of halogens is 2. The fraction of sp³-hybridized carbons (Fsp3) is 0.0909. The van der Waals surface area contributed by atoms with Gasteiger partial charge >= 0.3 is 0 Å². The minimum absolute atomic E-state index is 0.0133. The van der Waals surface area contributed by atoms with Crippen LogP contribution in [0.4, 0.5) is 11.8 Å². The first-order valence-electron chi connectivity index (χ1n) is 5.29. The van der Waals surface area contributed by atoms with Crippen LogP contribution in [0.25, 0.3) is 11.3 Å². The predicted molar refractivity (Wildman–Crippen MR) is 79.0 cm³/mol. The van der Waals surface area contributed by atoms with Crippen LogP contribution in [0.15, 0.2) is 18.2 Å². The minimum atomic E-state index is -0.333. The van der Waals surface area contributed by atoms with Crippen molar-refractivity contribution in [2.75, 3.05) is 11.5 Å². The Morgan fingerprint density at radius 2 is 1.80 bits per heavy atom. The first-order chi connectivity index (χ1) is 9.32. The summed E-state index contributed by atoms with van der Waals surface area (Å²) in [6, 6.07) is 5.13. The Hall–Kier alpha value is -2.12. The lowest BCUT2D eigenvalue weighted by molar-refractivity contribution is -0.115. The molecule has 20 heavy (non-hydrogen) atoms. The van der Waals surface area contributed by atoms with E-state index in [0.717, 1.165) is 0 Å². The van der Waals surface area contributed by atoms with Gasteiger partial charge in [-0.3, -0.25) is 4.79 Å². The SMILES string of the molecule is CC(N)=O.Nc1nnc(-c2cccc(Cl)c2Cl)c(N)n1. The summed E-state index contributed by atoms with van der Waals surface area (Å²) in [4.78, 5) is 13.0. The maximum atomic E-state index is 9.22. The quantitative estimate of drug-likeness (QED) is 0.730. The second-order valence-electron chi connectivity index (χ2n) is 3.62. The van der Waals surface area contributed by atoms with E-state index in [4.69, 9.17) is 34.7 Å². The number of nitrogen functional groups attached to an aromatic ring is 2. The van der Waals surface area contributed by atoms with Crippen molar-refractivity contribution in [2.24, 2.45) is 5.73 Å². The molecule has 0 aliphatic carbocycles. The number of carbonyl (C=O) groups is 1.